The van der Waals surface area contributed by atoms with Gasteiger partial charge in [-0.25, -0.2) is 12.8 Å². The number of sulfone groups is 1. The third-order valence-corrected chi connectivity index (χ3v) is 4.09. The Morgan fingerprint density at radius 1 is 1.15 bits per heavy atom. The van der Waals surface area contributed by atoms with Crippen molar-refractivity contribution in [2.75, 3.05) is 17.3 Å². The summed E-state index contributed by atoms with van der Waals surface area (Å²) in [6, 6.07) is 8.15. The average Bonchev–Trinajstić information content (AvgIpc) is 2.35. The van der Waals surface area contributed by atoms with Gasteiger partial charge < -0.3 is 11.1 Å². The highest BCUT2D eigenvalue weighted by Crippen LogP contribution is 2.30. The fourth-order valence-corrected chi connectivity index (χ4v) is 2.44. The lowest BCUT2D eigenvalue weighted by molar-refractivity contribution is 0.602. The van der Waals surface area contributed by atoms with Crippen LogP contribution in [0.2, 0.25) is 5.02 Å². The minimum Gasteiger partial charge on any atom is -0.397 e. The van der Waals surface area contributed by atoms with Gasteiger partial charge in [0.15, 0.2) is 9.84 Å². The molecule has 3 N–H and O–H groups in total. The molecule has 7 heteroatoms. The van der Waals surface area contributed by atoms with Gasteiger partial charge in [0.2, 0.25) is 0 Å². The molecule has 2 aromatic rings. The lowest BCUT2D eigenvalue weighted by Gasteiger charge is -2.12. The topological polar surface area (TPSA) is 72.2 Å². The van der Waals surface area contributed by atoms with E-state index in [1.165, 1.54) is 36.4 Å². The summed E-state index contributed by atoms with van der Waals surface area (Å²) in [5, 5.41) is 3.20. The number of halogens is 2. The van der Waals surface area contributed by atoms with Crippen LogP contribution in [0.3, 0.4) is 0 Å². The first-order valence-electron chi connectivity index (χ1n) is 5.59. The van der Waals surface area contributed by atoms with E-state index in [1.54, 1.807) is 0 Å². The van der Waals surface area contributed by atoms with Gasteiger partial charge in [-0.3, -0.25) is 0 Å². The van der Waals surface area contributed by atoms with Gasteiger partial charge >= 0.3 is 0 Å². The summed E-state index contributed by atoms with van der Waals surface area (Å²) in [6.45, 7) is 0. The monoisotopic (exact) mass is 314 g/mol. The zero-order chi connectivity index (χ0) is 14.9. The fourth-order valence-electron chi connectivity index (χ4n) is 1.62. The number of rotatable bonds is 3. The van der Waals surface area contributed by atoms with Crippen LogP contribution in [0, 0.1) is 5.82 Å². The summed E-state index contributed by atoms with van der Waals surface area (Å²) in [5.41, 5.74) is 6.82. The number of nitrogen functional groups attached to an aromatic ring is 1. The van der Waals surface area contributed by atoms with Gasteiger partial charge in [-0.2, -0.15) is 0 Å². The number of anilines is 3. The Hall–Kier alpha value is -1.79. The smallest absolute Gasteiger partial charge is 0.175 e. The summed E-state index contributed by atoms with van der Waals surface area (Å²) in [5.74, 6) is -0.441. The van der Waals surface area contributed by atoms with Gasteiger partial charge in [0.1, 0.15) is 5.82 Å². The van der Waals surface area contributed by atoms with Crippen LogP contribution in [-0.4, -0.2) is 14.7 Å². The lowest BCUT2D eigenvalue weighted by Crippen LogP contribution is -2.02. The Morgan fingerprint density at radius 2 is 1.85 bits per heavy atom. The number of benzene rings is 2. The van der Waals surface area contributed by atoms with Gasteiger partial charge in [0.25, 0.3) is 0 Å². The molecule has 0 saturated carbocycles. The molecule has 0 fully saturated rings. The van der Waals surface area contributed by atoms with Crippen LogP contribution >= 0.6 is 11.6 Å². The number of hydrogen-bond acceptors (Lipinski definition) is 4. The van der Waals surface area contributed by atoms with E-state index in [0.717, 1.165) is 6.26 Å². The second kappa shape index (κ2) is 5.30. The largest absolute Gasteiger partial charge is 0.397 e. The van der Waals surface area contributed by atoms with Crippen LogP contribution in [0.25, 0.3) is 0 Å². The average molecular weight is 315 g/mol. The molecule has 0 aliphatic rings. The SMILES string of the molecule is CS(=O)(=O)c1ccc(Nc2cc(F)ccc2Cl)c(N)c1. The van der Waals surface area contributed by atoms with Crippen LogP contribution in [0.15, 0.2) is 41.3 Å². The Balaban J connectivity index is 2.38. The molecule has 20 heavy (non-hydrogen) atoms. The Labute approximate surface area is 121 Å². The van der Waals surface area contributed by atoms with Gasteiger partial charge in [-0.05, 0) is 36.4 Å². The fraction of sp³-hybridized carbons (Fsp3) is 0.0769. The van der Waals surface area contributed by atoms with E-state index in [9.17, 15) is 12.8 Å². The summed E-state index contributed by atoms with van der Waals surface area (Å²) in [7, 11) is -3.32. The first-order valence-corrected chi connectivity index (χ1v) is 7.86. The second-order valence-corrected chi connectivity index (χ2v) is 6.69. The van der Waals surface area contributed by atoms with Gasteiger partial charge in [-0.1, -0.05) is 11.6 Å². The summed E-state index contributed by atoms with van der Waals surface area (Å²) in [4.78, 5) is 0.117. The molecule has 0 bridgehead atoms. The Bertz CT molecular complexity index is 763. The molecule has 106 valence electrons. The van der Waals surface area contributed by atoms with Crippen LogP contribution in [0.1, 0.15) is 0 Å². The molecule has 0 amide bonds. The van der Waals surface area contributed by atoms with Crippen molar-refractivity contribution in [3.63, 3.8) is 0 Å². The van der Waals surface area contributed by atoms with Crippen LogP contribution < -0.4 is 11.1 Å². The predicted molar refractivity (Wildman–Crippen MR) is 78.7 cm³/mol. The third-order valence-electron chi connectivity index (χ3n) is 2.65. The van der Waals surface area contributed by atoms with Crippen molar-refractivity contribution in [2.45, 2.75) is 4.90 Å². The standard InChI is InChI=1S/C13H12ClFN2O2S/c1-20(18,19)9-3-5-12(11(16)7-9)17-13-6-8(15)2-4-10(13)14/h2-7,17H,16H2,1H3. The van der Waals surface area contributed by atoms with Crippen molar-refractivity contribution < 1.29 is 12.8 Å². The van der Waals surface area contributed by atoms with E-state index >= 15 is 0 Å². The van der Waals surface area contributed by atoms with Crippen molar-refractivity contribution >= 4 is 38.5 Å². The van der Waals surface area contributed by atoms with E-state index in [4.69, 9.17) is 17.3 Å². The Kier molecular flexibility index (Phi) is 3.87. The number of nitrogens with two attached hydrogens (primary N) is 1. The van der Waals surface area contributed by atoms with Crippen molar-refractivity contribution in [1.82, 2.24) is 0 Å². The van der Waals surface area contributed by atoms with E-state index < -0.39 is 15.7 Å². The third kappa shape index (κ3) is 3.20. The minimum atomic E-state index is -3.32. The summed E-state index contributed by atoms with van der Waals surface area (Å²) in [6.07, 6.45) is 1.10. The molecule has 0 atom stereocenters. The maximum atomic E-state index is 13.2. The normalized spacial score (nSPS) is 11.3. The van der Waals surface area contributed by atoms with Crippen LogP contribution in [-0.2, 0) is 9.84 Å². The molecule has 0 aliphatic heterocycles. The molecule has 4 nitrogen and oxygen atoms in total. The molecule has 0 aliphatic carbocycles. The second-order valence-electron chi connectivity index (χ2n) is 4.27. The number of nitrogens with one attached hydrogen (secondary N) is 1. The molecule has 0 radical (unpaired) electrons. The van der Waals surface area contributed by atoms with Crippen molar-refractivity contribution in [3.05, 3.63) is 47.2 Å². The van der Waals surface area contributed by atoms with Crippen molar-refractivity contribution in [2.24, 2.45) is 0 Å². The van der Waals surface area contributed by atoms with E-state index in [1.807, 2.05) is 0 Å². The summed E-state index contributed by atoms with van der Waals surface area (Å²) < 4.78 is 36.0. The quantitative estimate of drug-likeness (QED) is 0.853. The van der Waals surface area contributed by atoms with Crippen LogP contribution in [0.5, 0.6) is 0 Å². The summed E-state index contributed by atoms with van der Waals surface area (Å²) >= 11 is 5.94. The molecule has 2 rings (SSSR count). The highest BCUT2D eigenvalue weighted by molar-refractivity contribution is 7.90. The molecule has 0 spiro atoms. The molecule has 0 saturated heterocycles. The maximum absolute atomic E-state index is 13.2. The van der Waals surface area contributed by atoms with Crippen molar-refractivity contribution in [3.8, 4) is 0 Å². The van der Waals surface area contributed by atoms with Crippen LogP contribution in [0.4, 0.5) is 21.5 Å². The van der Waals surface area contributed by atoms with Gasteiger partial charge in [0.05, 0.1) is 27.0 Å². The molecule has 0 aromatic heterocycles. The predicted octanol–water partition coefficient (Wildman–Crippen LogP) is 3.21. The highest BCUT2D eigenvalue weighted by atomic mass is 35.5. The molecular formula is C13H12ClFN2O2S. The maximum Gasteiger partial charge on any atom is 0.175 e. The van der Waals surface area contributed by atoms with Crippen molar-refractivity contribution in [1.29, 1.82) is 0 Å². The van der Waals surface area contributed by atoms with E-state index in [-0.39, 0.29) is 10.6 Å². The number of hydrogen-bond donors (Lipinski definition) is 2. The Morgan fingerprint density at radius 3 is 2.45 bits per heavy atom. The van der Waals surface area contributed by atoms with E-state index in [2.05, 4.69) is 5.32 Å². The molecule has 0 unspecified atom stereocenters. The van der Waals surface area contributed by atoms with E-state index in [0.29, 0.717) is 16.4 Å². The lowest BCUT2D eigenvalue weighted by atomic mass is 10.2. The first-order chi connectivity index (χ1) is 9.27. The van der Waals surface area contributed by atoms with Gasteiger partial charge in [0, 0.05) is 6.26 Å². The minimum absolute atomic E-state index is 0.117. The molecular weight excluding hydrogens is 303 g/mol. The first kappa shape index (κ1) is 14.6. The molecule has 0 heterocycles. The molecule has 2 aromatic carbocycles. The zero-order valence-corrected chi connectivity index (χ0v) is 12.1. The zero-order valence-electron chi connectivity index (χ0n) is 10.5. The van der Waals surface area contributed by atoms with Gasteiger partial charge in [-0.15, -0.1) is 0 Å². The highest BCUT2D eigenvalue weighted by Gasteiger charge is 2.10.